The molecule has 1 atom stereocenters. The van der Waals surface area contributed by atoms with E-state index in [9.17, 15) is 9.59 Å². The van der Waals surface area contributed by atoms with Crippen LogP contribution >= 0.6 is 0 Å². The Morgan fingerprint density at radius 3 is 2.65 bits per heavy atom. The lowest BCUT2D eigenvalue weighted by atomic mass is 9.95. The van der Waals surface area contributed by atoms with Gasteiger partial charge in [-0.1, -0.05) is 42.5 Å². The van der Waals surface area contributed by atoms with E-state index < -0.39 is 0 Å². The van der Waals surface area contributed by atoms with Gasteiger partial charge in [-0.3, -0.25) is 9.59 Å². The molecule has 0 aliphatic carbocycles. The van der Waals surface area contributed by atoms with E-state index in [1.165, 1.54) is 0 Å². The lowest BCUT2D eigenvalue weighted by Gasteiger charge is -2.32. The molecule has 3 aromatic rings. The van der Waals surface area contributed by atoms with E-state index in [0.29, 0.717) is 25.2 Å². The summed E-state index contributed by atoms with van der Waals surface area (Å²) in [6.07, 6.45) is 3.44. The molecule has 1 aromatic heterocycles. The largest absolute Gasteiger partial charge is 0.378 e. The van der Waals surface area contributed by atoms with Gasteiger partial charge in [-0.2, -0.15) is 0 Å². The Balaban J connectivity index is 1.18. The zero-order chi connectivity index (χ0) is 23.3. The third kappa shape index (κ3) is 4.89. The lowest BCUT2D eigenvalue weighted by Crippen LogP contribution is -2.45. The lowest BCUT2D eigenvalue weighted by molar-refractivity contribution is -0.126. The summed E-state index contributed by atoms with van der Waals surface area (Å²) in [6, 6.07) is 17.7. The number of amides is 2. The summed E-state index contributed by atoms with van der Waals surface area (Å²) in [5, 5.41) is 5.05. The number of likely N-dealkylation sites (tertiary alicyclic amines) is 1. The van der Waals surface area contributed by atoms with Crippen LogP contribution in [0.25, 0.3) is 10.8 Å². The molecule has 7 nitrogen and oxygen atoms in total. The smallest absolute Gasteiger partial charge is 0.254 e. The third-order valence-electron chi connectivity index (χ3n) is 6.71. The Morgan fingerprint density at radius 1 is 1.00 bits per heavy atom. The van der Waals surface area contributed by atoms with Crippen molar-refractivity contribution in [2.24, 2.45) is 5.92 Å². The van der Waals surface area contributed by atoms with Crippen LogP contribution in [0, 0.1) is 5.92 Å². The first-order chi connectivity index (χ1) is 16.7. The number of carbonyl (C=O) groups excluding carboxylic acids is 2. The average molecular weight is 459 g/mol. The number of fused-ring (bicyclic) bond motifs is 1. The molecule has 0 bridgehead atoms. The third-order valence-corrected chi connectivity index (χ3v) is 6.71. The number of ether oxygens (including phenoxy) is 1. The highest BCUT2D eigenvalue weighted by Crippen LogP contribution is 2.24. The number of nitrogens with zero attached hydrogens (tertiary/aromatic N) is 3. The van der Waals surface area contributed by atoms with E-state index in [0.717, 1.165) is 61.3 Å². The number of benzene rings is 2. The molecule has 2 fully saturated rings. The summed E-state index contributed by atoms with van der Waals surface area (Å²) < 4.78 is 5.39. The average Bonchev–Trinajstić information content (AvgIpc) is 2.92. The van der Waals surface area contributed by atoms with Gasteiger partial charge in [0.25, 0.3) is 5.91 Å². The van der Waals surface area contributed by atoms with Crippen molar-refractivity contribution < 1.29 is 14.3 Å². The minimum Gasteiger partial charge on any atom is -0.378 e. The second-order valence-corrected chi connectivity index (χ2v) is 8.96. The summed E-state index contributed by atoms with van der Waals surface area (Å²) in [5.41, 5.74) is 1.66. The summed E-state index contributed by atoms with van der Waals surface area (Å²) in [6.45, 7) is 4.70. The maximum absolute atomic E-state index is 13.3. The van der Waals surface area contributed by atoms with Crippen LogP contribution in [0.3, 0.4) is 0 Å². The van der Waals surface area contributed by atoms with Crippen molar-refractivity contribution in [1.29, 1.82) is 0 Å². The molecule has 2 aliphatic rings. The first kappa shape index (κ1) is 22.3. The number of morpholine rings is 1. The van der Waals surface area contributed by atoms with Crippen LogP contribution in [-0.4, -0.2) is 61.1 Å². The molecule has 34 heavy (non-hydrogen) atoms. The van der Waals surface area contributed by atoms with Gasteiger partial charge in [0.15, 0.2) is 0 Å². The van der Waals surface area contributed by atoms with Gasteiger partial charge in [0, 0.05) is 44.5 Å². The maximum atomic E-state index is 13.3. The Kier molecular flexibility index (Phi) is 6.72. The van der Waals surface area contributed by atoms with Crippen molar-refractivity contribution in [3.63, 3.8) is 0 Å². The van der Waals surface area contributed by atoms with Crippen molar-refractivity contribution in [3.05, 3.63) is 71.9 Å². The molecule has 5 rings (SSSR count). The predicted octanol–water partition coefficient (Wildman–Crippen LogP) is 3.24. The van der Waals surface area contributed by atoms with Crippen LogP contribution in [-0.2, 0) is 16.1 Å². The van der Waals surface area contributed by atoms with Gasteiger partial charge in [-0.05, 0) is 41.3 Å². The van der Waals surface area contributed by atoms with Crippen molar-refractivity contribution in [3.8, 4) is 0 Å². The molecule has 0 unspecified atom stereocenters. The highest BCUT2D eigenvalue weighted by Gasteiger charge is 2.29. The Hall–Kier alpha value is -3.45. The molecule has 7 heteroatoms. The number of anilines is 1. The molecule has 0 spiro atoms. The van der Waals surface area contributed by atoms with Crippen LogP contribution in [0.1, 0.15) is 28.8 Å². The van der Waals surface area contributed by atoms with Crippen LogP contribution < -0.4 is 10.2 Å². The molecule has 2 aliphatic heterocycles. The number of carbonyl (C=O) groups is 2. The fourth-order valence-corrected chi connectivity index (χ4v) is 4.79. The topological polar surface area (TPSA) is 74.8 Å². The van der Waals surface area contributed by atoms with E-state index in [4.69, 9.17) is 4.74 Å². The Bertz CT molecular complexity index is 1150. The van der Waals surface area contributed by atoms with Crippen LogP contribution in [0.4, 0.5) is 5.82 Å². The van der Waals surface area contributed by atoms with Gasteiger partial charge in [-0.15, -0.1) is 0 Å². The van der Waals surface area contributed by atoms with Crippen LogP contribution in [0.15, 0.2) is 60.8 Å². The molecule has 3 heterocycles. The fourth-order valence-electron chi connectivity index (χ4n) is 4.79. The highest BCUT2D eigenvalue weighted by molar-refractivity contribution is 6.07. The number of piperidine rings is 1. The number of hydrogen-bond acceptors (Lipinski definition) is 5. The van der Waals surface area contributed by atoms with E-state index in [-0.39, 0.29) is 17.7 Å². The van der Waals surface area contributed by atoms with Crippen molar-refractivity contribution in [2.45, 2.75) is 19.4 Å². The van der Waals surface area contributed by atoms with E-state index in [2.05, 4.69) is 15.2 Å². The molecule has 0 saturated carbocycles. The number of nitrogens with one attached hydrogen (secondary N) is 1. The number of aromatic nitrogens is 1. The normalized spacial score (nSPS) is 18.6. The molecular formula is C27H30N4O3. The second kappa shape index (κ2) is 10.2. The number of hydrogen-bond donors (Lipinski definition) is 1. The fraction of sp³-hybridized carbons (Fsp3) is 0.370. The SMILES string of the molecule is O=C(NCc1ccc(N2CCOCC2)nc1)[C@H]1CCCN(C(=O)c2cccc3ccccc23)C1. The van der Waals surface area contributed by atoms with Crippen molar-refractivity contribution in [1.82, 2.24) is 15.2 Å². The Morgan fingerprint density at radius 2 is 1.82 bits per heavy atom. The van der Waals surface area contributed by atoms with Gasteiger partial charge in [-0.25, -0.2) is 4.98 Å². The predicted molar refractivity (Wildman–Crippen MR) is 132 cm³/mol. The van der Waals surface area contributed by atoms with Gasteiger partial charge in [0.1, 0.15) is 5.82 Å². The molecule has 176 valence electrons. The van der Waals surface area contributed by atoms with Crippen LogP contribution in [0.2, 0.25) is 0 Å². The number of pyridine rings is 1. The summed E-state index contributed by atoms with van der Waals surface area (Å²) in [4.78, 5) is 34.8. The minimum atomic E-state index is -0.201. The van der Waals surface area contributed by atoms with E-state index in [1.54, 1.807) is 0 Å². The summed E-state index contributed by atoms with van der Waals surface area (Å²) in [7, 11) is 0. The van der Waals surface area contributed by atoms with Gasteiger partial charge < -0.3 is 19.9 Å². The van der Waals surface area contributed by atoms with Crippen molar-refractivity contribution in [2.75, 3.05) is 44.3 Å². The highest BCUT2D eigenvalue weighted by atomic mass is 16.5. The maximum Gasteiger partial charge on any atom is 0.254 e. The monoisotopic (exact) mass is 458 g/mol. The van der Waals surface area contributed by atoms with E-state index >= 15 is 0 Å². The first-order valence-electron chi connectivity index (χ1n) is 12.0. The van der Waals surface area contributed by atoms with Gasteiger partial charge >= 0.3 is 0 Å². The van der Waals surface area contributed by atoms with Gasteiger partial charge in [0.2, 0.25) is 5.91 Å². The van der Waals surface area contributed by atoms with Crippen molar-refractivity contribution >= 4 is 28.4 Å². The summed E-state index contributed by atoms with van der Waals surface area (Å²) in [5.74, 6) is 0.728. The van der Waals surface area contributed by atoms with Crippen LogP contribution in [0.5, 0.6) is 0 Å². The molecule has 0 radical (unpaired) electrons. The summed E-state index contributed by atoms with van der Waals surface area (Å²) >= 11 is 0. The first-order valence-corrected chi connectivity index (χ1v) is 12.0. The van der Waals surface area contributed by atoms with Gasteiger partial charge in [0.05, 0.1) is 19.1 Å². The molecule has 1 N–H and O–H groups in total. The zero-order valence-corrected chi connectivity index (χ0v) is 19.3. The molecule has 2 saturated heterocycles. The number of rotatable bonds is 5. The quantitative estimate of drug-likeness (QED) is 0.635. The molecule has 2 amide bonds. The Labute approximate surface area is 199 Å². The second-order valence-electron chi connectivity index (χ2n) is 8.96. The molecule has 2 aromatic carbocycles. The zero-order valence-electron chi connectivity index (χ0n) is 19.3. The molecular weight excluding hydrogens is 428 g/mol. The van der Waals surface area contributed by atoms with E-state index in [1.807, 2.05) is 65.7 Å². The standard InChI is InChI=1S/C27H30N4O3/c32-26(29-18-20-10-11-25(28-17-20)30-13-15-34-16-14-30)22-7-4-12-31(19-22)27(33)24-9-3-6-21-5-1-2-8-23(21)24/h1-3,5-6,8-11,17,22H,4,7,12-16,18-19H2,(H,29,32)/t22-/m0/s1. The minimum absolute atomic E-state index is 0.00259.